The molecule has 120 valence electrons. The Morgan fingerprint density at radius 2 is 1.57 bits per heavy atom. The zero-order valence-electron chi connectivity index (χ0n) is 13.8. The summed E-state index contributed by atoms with van der Waals surface area (Å²) in [6.45, 7) is 8.29. The number of hydrogen-bond donors (Lipinski definition) is 2. The van der Waals surface area contributed by atoms with Crippen LogP contribution in [0.3, 0.4) is 0 Å². The summed E-state index contributed by atoms with van der Waals surface area (Å²) in [5.74, 6) is 0.570. The zero-order valence-corrected chi connectivity index (χ0v) is 13.8. The number of carbonyl (C=O) groups excluding carboxylic acids is 1. The molecular formula is C17H30N2O2. The number of para-hydroxylation sites is 1. The molecule has 0 aliphatic rings. The molecule has 0 saturated heterocycles. The third kappa shape index (κ3) is 9.91. The number of ether oxygens (including phenoxy) is 1. The molecule has 21 heavy (non-hydrogen) atoms. The SMILES string of the molecule is CCC(CC)NC(=O)Oc1ccccc1.CCC(N)CC. The van der Waals surface area contributed by atoms with Crippen molar-refractivity contribution < 1.29 is 9.53 Å². The van der Waals surface area contributed by atoms with Crippen molar-refractivity contribution in [3.8, 4) is 5.75 Å². The van der Waals surface area contributed by atoms with Gasteiger partial charge in [0.2, 0.25) is 0 Å². The second kappa shape index (κ2) is 12.2. The molecule has 3 N–H and O–H groups in total. The molecule has 0 aliphatic heterocycles. The van der Waals surface area contributed by atoms with Gasteiger partial charge in [0.25, 0.3) is 0 Å². The molecule has 0 spiro atoms. The van der Waals surface area contributed by atoms with Crippen LogP contribution in [0, 0.1) is 0 Å². The Bertz CT molecular complexity index is 360. The Hall–Kier alpha value is -1.55. The van der Waals surface area contributed by atoms with Crippen molar-refractivity contribution in [3.63, 3.8) is 0 Å². The first kappa shape index (κ1) is 19.4. The second-order valence-electron chi connectivity index (χ2n) is 4.94. The van der Waals surface area contributed by atoms with E-state index in [2.05, 4.69) is 19.2 Å². The predicted molar refractivity (Wildman–Crippen MR) is 88.5 cm³/mol. The summed E-state index contributed by atoms with van der Waals surface area (Å²) in [4.78, 5) is 11.4. The van der Waals surface area contributed by atoms with Crippen LogP contribution in [0.25, 0.3) is 0 Å². The highest BCUT2D eigenvalue weighted by molar-refractivity contribution is 5.70. The van der Waals surface area contributed by atoms with E-state index in [0.717, 1.165) is 25.7 Å². The number of nitrogens with two attached hydrogens (primary N) is 1. The van der Waals surface area contributed by atoms with Crippen molar-refractivity contribution in [1.29, 1.82) is 0 Å². The fourth-order valence-electron chi connectivity index (χ4n) is 1.57. The van der Waals surface area contributed by atoms with Gasteiger partial charge in [0.05, 0.1) is 0 Å². The highest BCUT2D eigenvalue weighted by Crippen LogP contribution is 2.08. The molecule has 1 aromatic rings. The minimum atomic E-state index is -0.380. The van der Waals surface area contributed by atoms with E-state index in [-0.39, 0.29) is 12.1 Å². The zero-order chi connectivity index (χ0) is 16.1. The summed E-state index contributed by atoms with van der Waals surface area (Å²) < 4.78 is 5.10. The van der Waals surface area contributed by atoms with E-state index >= 15 is 0 Å². The van der Waals surface area contributed by atoms with E-state index in [1.165, 1.54) is 0 Å². The lowest BCUT2D eigenvalue weighted by atomic mass is 10.2. The molecule has 0 heterocycles. The summed E-state index contributed by atoms with van der Waals surface area (Å²) in [5, 5.41) is 2.80. The van der Waals surface area contributed by atoms with Crippen molar-refractivity contribution >= 4 is 6.09 Å². The van der Waals surface area contributed by atoms with Crippen molar-refractivity contribution in [2.75, 3.05) is 0 Å². The normalized spacial score (nSPS) is 10.0. The van der Waals surface area contributed by atoms with Crippen LogP contribution in [0.2, 0.25) is 0 Å². The van der Waals surface area contributed by atoms with E-state index in [1.807, 2.05) is 32.0 Å². The molecule has 0 radical (unpaired) electrons. The molecule has 0 unspecified atom stereocenters. The van der Waals surface area contributed by atoms with Crippen LogP contribution in [0.4, 0.5) is 4.79 Å². The number of nitrogens with one attached hydrogen (secondary N) is 1. The van der Waals surface area contributed by atoms with Crippen molar-refractivity contribution in [3.05, 3.63) is 30.3 Å². The lowest BCUT2D eigenvalue weighted by Gasteiger charge is -2.14. The number of amides is 1. The molecule has 0 saturated carbocycles. The van der Waals surface area contributed by atoms with Crippen molar-refractivity contribution in [2.24, 2.45) is 5.73 Å². The fraction of sp³-hybridized carbons (Fsp3) is 0.588. The Morgan fingerprint density at radius 1 is 1.05 bits per heavy atom. The van der Waals surface area contributed by atoms with Gasteiger partial charge in [0, 0.05) is 12.1 Å². The fourth-order valence-corrected chi connectivity index (χ4v) is 1.57. The molecular weight excluding hydrogens is 264 g/mol. The number of hydrogen-bond acceptors (Lipinski definition) is 3. The van der Waals surface area contributed by atoms with Gasteiger partial charge < -0.3 is 15.8 Å². The first-order chi connectivity index (χ1) is 10.1. The Morgan fingerprint density at radius 3 is 1.95 bits per heavy atom. The average molecular weight is 294 g/mol. The standard InChI is InChI=1S/C12H17NO2.C5H13N/c1-3-10(4-2)13-12(14)15-11-8-6-5-7-9-11;1-3-5(6)4-2/h5-10H,3-4H2,1-2H3,(H,13,14);5H,3-4,6H2,1-2H3. The third-order valence-electron chi connectivity index (χ3n) is 3.31. The van der Waals surface area contributed by atoms with Crippen LogP contribution in [-0.2, 0) is 0 Å². The molecule has 1 rings (SSSR count). The lowest BCUT2D eigenvalue weighted by molar-refractivity contribution is 0.195. The van der Waals surface area contributed by atoms with E-state index in [4.69, 9.17) is 10.5 Å². The van der Waals surface area contributed by atoms with Crippen LogP contribution in [0.15, 0.2) is 30.3 Å². The number of benzene rings is 1. The maximum absolute atomic E-state index is 11.4. The summed E-state index contributed by atoms with van der Waals surface area (Å²) in [7, 11) is 0. The monoisotopic (exact) mass is 294 g/mol. The summed E-state index contributed by atoms with van der Waals surface area (Å²) in [5.41, 5.74) is 5.47. The predicted octanol–water partition coefficient (Wildman–Crippen LogP) is 4.10. The van der Waals surface area contributed by atoms with Gasteiger partial charge in [0.1, 0.15) is 5.75 Å². The second-order valence-corrected chi connectivity index (χ2v) is 4.94. The van der Waals surface area contributed by atoms with Gasteiger partial charge in [-0.1, -0.05) is 45.9 Å². The molecule has 4 nitrogen and oxygen atoms in total. The van der Waals surface area contributed by atoms with Crippen LogP contribution >= 0.6 is 0 Å². The highest BCUT2D eigenvalue weighted by atomic mass is 16.6. The minimum absolute atomic E-state index is 0.196. The Labute approximate surface area is 129 Å². The summed E-state index contributed by atoms with van der Waals surface area (Å²) in [6, 6.07) is 9.69. The molecule has 0 bridgehead atoms. The van der Waals surface area contributed by atoms with Gasteiger partial charge in [-0.15, -0.1) is 0 Å². The molecule has 0 atom stereocenters. The van der Waals surface area contributed by atoms with E-state index in [0.29, 0.717) is 11.8 Å². The quantitative estimate of drug-likeness (QED) is 0.830. The van der Waals surface area contributed by atoms with Gasteiger partial charge in [0.15, 0.2) is 0 Å². The van der Waals surface area contributed by atoms with E-state index < -0.39 is 0 Å². The first-order valence-electron chi connectivity index (χ1n) is 7.86. The summed E-state index contributed by atoms with van der Waals surface area (Å²) >= 11 is 0. The number of rotatable bonds is 6. The Kier molecular flexibility index (Phi) is 11.3. The van der Waals surface area contributed by atoms with Crippen molar-refractivity contribution in [2.45, 2.75) is 65.5 Å². The number of carbonyl (C=O) groups is 1. The largest absolute Gasteiger partial charge is 0.412 e. The highest BCUT2D eigenvalue weighted by Gasteiger charge is 2.09. The molecule has 0 fully saturated rings. The van der Waals surface area contributed by atoms with Gasteiger partial charge >= 0.3 is 6.09 Å². The van der Waals surface area contributed by atoms with Crippen molar-refractivity contribution in [1.82, 2.24) is 5.32 Å². The minimum Gasteiger partial charge on any atom is -0.410 e. The van der Waals surface area contributed by atoms with Gasteiger partial charge in [-0.3, -0.25) is 0 Å². The topological polar surface area (TPSA) is 64.3 Å². The molecule has 1 aromatic carbocycles. The van der Waals surface area contributed by atoms with Crippen LogP contribution in [0.5, 0.6) is 5.75 Å². The third-order valence-corrected chi connectivity index (χ3v) is 3.31. The van der Waals surface area contributed by atoms with E-state index in [9.17, 15) is 4.79 Å². The Balaban J connectivity index is 0.000000567. The van der Waals surface area contributed by atoms with Crippen LogP contribution in [0.1, 0.15) is 53.4 Å². The van der Waals surface area contributed by atoms with Gasteiger partial charge in [-0.25, -0.2) is 4.79 Å². The average Bonchev–Trinajstić information content (AvgIpc) is 2.53. The van der Waals surface area contributed by atoms with Crippen LogP contribution in [-0.4, -0.2) is 18.2 Å². The van der Waals surface area contributed by atoms with Gasteiger partial charge in [-0.05, 0) is 37.8 Å². The van der Waals surface area contributed by atoms with Crippen LogP contribution < -0.4 is 15.8 Å². The molecule has 0 aliphatic carbocycles. The molecule has 1 amide bonds. The van der Waals surface area contributed by atoms with E-state index in [1.54, 1.807) is 12.1 Å². The van der Waals surface area contributed by atoms with Gasteiger partial charge in [-0.2, -0.15) is 0 Å². The molecule has 4 heteroatoms. The molecule has 0 aromatic heterocycles. The maximum Gasteiger partial charge on any atom is 0.412 e. The summed E-state index contributed by atoms with van der Waals surface area (Å²) in [6.07, 6.45) is 3.67. The lowest BCUT2D eigenvalue weighted by Crippen LogP contribution is -2.35. The smallest absolute Gasteiger partial charge is 0.410 e. The maximum atomic E-state index is 11.4. The first-order valence-corrected chi connectivity index (χ1v) is 7.86.